The van der Waals surface area contributed by atoms with Crippen LogP contribution >= 0.6 is 11.8 Å². The molecule has 1 saturated carbocycles. The normalized spacial score (nSPS) is 18.8. The predicted molar refractivity (Wildman–Crippen MR) is 89.4 cm³/mol. The maximum Gasteiger partial charge on any atom is 0.262 e. The summed E-state index contributed by atoms with van der Waals surface area (Å²) in [6, 6.07) is 7.43. The second-order valence-corrected chi connectivity index (χ2v) is 6.86. The molecule has 1 aliphatic rings. The van der Waals surface area contributed by atoms with E-state index in [9.17, 15) is 9.59 Å². The Morgan fingerprint density at radius 2 is 2.09 bits per heavy atom. The Labute approximate surface area is 133 Å². The first kappa shape index (κ1) is 15.3. The second kappa shape index (κ2) is 6.65. The van der Waals surface area contributed by atoms with Crippen molar-refractivity contribution in [3.63, 3.8) is 0 Å². The number of nitrogens with zero attached hydrogens (tertiary/aromatic N) is 2. The van der Waals surface area contributed by atoms with Crippen molar-refractivity contribution in [2.24, 2.45) is 0 Å². The second-order valence-electron chi connectivity index (χ2n) is 5.69. The molecule has 0 amide bonds. The smallest absolute Gasteiger partial charge is 0.262 e. The van der Waals surface area contributed by atoms with Crippen LogP contribution in [-0.2, 0) is 11.3 Å². The number of para-hydroxylation sites is 1. The van der Waals surface area contributed by atoms with Gasteiger partial charge in [0.15, 0.2) is 5.16 Å². The summed E-state index contributed by atoms with van der Waals surface area (Å²) < 4.78 is 1.73. The maximum absolute atomic E-state index is 12.7. The number of thioether (sulfide) groups is 1. The first-order valence-electron chi connectivity index (χ1n) is 7.89. The van der Waals surface area contributed by atoms with E-state index < -0.39 is 0 Å². The minimum Gasteiger partial charge on any atom is -0.298 e. The molecule has 1 heterocycles. The lowest BCUT2D eigenvalue weighted by Crippen LogP contribution is -2.27. The lowest BCUT2D eigenvalue weighted by molar-refractivity contribution is -0.119. The minimum absolute atomic E-state index is 0.00166. The van der Waals surface area contributed by atoms with E-state index in [4.69, 9.17) is 0 Å². The van der Waals surface area contributed by atoms with E-state index in [1.807, 2.05) is 31.2 Å². The molecule has 1 aromatic heterocycles. The van der Waals surface area contributed by atoms with E-state index in [1.54, 1.807) is 4.57 Å². The van der Waals surface area contributed by atoms with Crippen LogP contribution in [0.2, 0.25) is 0 Å². The quantitative estimate of drug-likeness (QED) is 0.811. The van der Waals surface area contributed by atoms with Crippen molar-refractivity contribution in [3.8, 4) is 0 Å². The van der Waals surface area contributed by atoms with Crippen LogP contribution in [0, 0.1) is 0 Å². The van der Waals surface area contributed by atoms with E-state index in [1.165, 1.54) is 11.8 Å². The van der Waals surface area contributed by atoms with E-state index in [2.05, 4.69) is 4.98 Å². The van der Waals surface area contributed by atoms with E-state index in [0.717, 1.165) is 25.7 Å². The van der Waals surface area contributed by atoms with Gasteiger partial charge in [-0.15, -0.1) is 0 Å². The molecule has 22 heavy (non-hydrogen) atoms. The molecule has 0 unspecified atom stereocenters. The van der Waals surface area contributed by atoms with Gasteiger partial charge in [-0.2, -0.15) is 0 Å². The lowest BCUT2D eigenvalue weighted by atomic mass is 9.99. The minimum atomic E-state index is -0.0510. The van der Waals surface area contributed by atoms with Crippen molar-refractivity contribution < 1.29 is 4.79 Å². The average molecular weight is 316 g/mol. The van der Waals surface area contributed by atoms with E-state index in [0.29, 0.717) is 34.8 Å². The summed E-state index contributed by atoms with van der Waals surface area (Å²) in [4.78, 5) is 29.4. The molecule has 0 radical (unpaired) electrons. The highest BCUT2D eigenvalue weighted by atomic mass is 32.2. The molecule has 4 nitrogen and oxygen atoms in total. The molecule has 1 fully saturated rings. The standard InChI is InChI=1S/C17H20N2O2S/c1-2-11-19-16(21)12-7-3-4-8-13(12)18-17(19)22-15-10-6-5-9-14(15)20/h3-4,7-8,15H,2,5-6,9-11H2,1H3/t15-/m1/s1. The Morgan fingerprint density at radius 1 is 1.27 bits per heavy atom. The van der Waals surface area contributed by atoms with E-state index in [-0.39, 0.29) is 10.8 Å². The fraction of sp³-hybridized carbons (Fsp3) is 0.471. The third-order valence-corrected chi connectivity index (χ3v) is 5.33. The van der Waals surface area contributed by atoms with Crippen molar-refractivity contribution >= 4 is 28.4 Å². The van der Waals surface area contributed by atoms with Gasteiger partial charge in [-0.25, -0.2) is 4.98 Å². The molecule has 0 saturated heterocycles. The fourth-order valence-electron chi connectivity index (χ4n) is 2.86. The van der Waals surface area contributed by atoms with Gasteiger partial charge in [-0.05, 0) is 31.4 Å². The van der Waals surface area contributed by atoms with Crippen molar-refractivity contribution in [1.82, 2.24) is 9.55 Å². The SMILES string of the molecule is CCCn1c(S[C@@H]2CCCCC2=O)nc2ccccc2c1=O. The van der Waals surface area contributed by atoms with Crippen molar-refractivity contribution in [2.75, 3.05) is 0 Å². The summed E-state index contributed by atoms with van der Waals surface area (Å²) >= 11 is 1.47. The largest absolute Gasteiger partial charge is 0.298 e. The van der Waals surface area contributed by atoms with Crippen LogP contribution in [0.25, 0.3) is 10.9 Å². The van der Waals surface area contributed by atoms with Gasteiger partial charge in [0.25, 0.3) is 5.56 Å². The number of Topliss-reactive ketones (excluding diaryl/α,β-unsaturated/α-hetero) is 1. The summed E-state index contributed by atoms with van der Waals surface area (Å²) in [5.41, 5.74) is 0.712. The van der Waals surface area contributed by atoms with Crippen LogP contribution in [0.3, 0.4) is 0 Å². The van der Waals surface area contributed by atoms with Crippen LogP contribution in [0.4, 0.5) is 0 Å². The Balaban J connectivity index is 2.04. The Bertz CT molecular complexity index is 754. The summed E-state index contributed by atoms with van der Waals surface area (Å²) in [7, 11) is 0. The summed E-state index contributed by atoms with van der Waals surface area (Å²) in [6.07, 6.45) is 4.48. The zero-order valence-corrected chi connectivity index (χ0v) is 13.6. The molecule has 116 valence electrons. The number of ketones is 1. The Hall–Kier alpha value is -1.62. The third kappa shape index (κ3) is 2.95. The van der Waals surface area contributed by atoms with Gasteiger partial charge >= 0.3 is 0 Å². The number of benzene rings is 1. The summed E-state index contributed by atoms with van der Waals surface area (Å²) in [6.45, 7) is 2.68. The zero-order chi connectivity index (χ0) is 15.5. The molecule has 5 heteroatoms. The molecular formula is C17H20N2O2S. The molecule has 2 aromatic rings. The number of hydrogen-bond acceptors (Lipinski definition) is 4. The number of fused-ring (bicyclic) bond motifs is 1. The lowest BCUT2D eigenvalue weighted by Gasteiger charge is -2.21. The number of aromatic nitrogens is 2. The summed E-state index contributed by atoms with van der Waals surface area (Å²) in [5, 5.41) is 1.28. The predicted octanol–water partition coefficient (Wildman–Crippen LogP) is 3.41. The van der Waals surface area contributed by atoms with Crippen LogP contribution in [0.5, 0.6) is 0 Å². The maximum atomic E-state index is 12.7. The molecule has 1 atom stereocenters. The molecule has 0 aliphatic heterocycles. The van der Waals surface area contributed by atoms with Crippen LogP contribution in [-0.4, -0.2) is 20.6 Å². The monoisotopic (exact) mass is 316 g/mol. The molecular weight excluding hydrogens is 296 g/mol. The van der Waals surface area contributed by atoms with Crippen molar-refractivity contribution in [3.05, 3.63) is 34.6 Å². The number of hydrogen-bond donors (Lipinski definition) is 0. The average Bonchev–Trinajstić information content (AvgIpc) is 2.53. The molecule has 0 N–H and O–H groups in total. The number of carbonyl (C=O) groups excluding carboxylic acids is 1. The Kier molecular flexibility index (Phi) is 4.62. The van der Waals surface area contributed by atoms with Crippen LogP contribution in [0.1, 0.15) is 39.0 Å². The number of rotatable bonds is 4. The molecule has 1 aromatic carbocycles. The highest BCUT2D eigenvalue weighted by molar-refractivity contribution is 8.00. The highest BCUT2D eigenvalue weighted by Gasteiger charge is 2.25. The zero-order valence-electron chi connectivity index (χ0n) is 12.7. The molecule has 3 rings (SSSR count). The van der Waals surface area contributed by atoms with Gasteiger partial charge in [0.1, 0.15) is 5.78 Å². The van der Waals surface area contributed by atoms with Crippen molar-refractivity contribution in [1.29, 1.82) is 0 Å². The summed E-state index contributed by atoms with van der Waals surface area (Å²) in [5.74, 6) is 0.293. The van der Waals surface area contributed by atoms with Crippen LogP contribution < -0.4 is 5.56 Å². The van der Waals surface area contributed by atoms with Crippen molar-refractivity contribution in [2.45, 2.75) is 56.0 Å². The van der Waals surface area contributed by atoms with Gasteiger partial charge in [0, 0.05) is 13.0 Å². The fourth-order valence-corrected chi connectivity index (χ4v) is 4.10. The third-order valence-electron chi connectivity index (χ3n) is 4.02. The topological polar surface area (TPSA) is 52.0 Å². The molecule has 0 spiro atoms. The van der Waals surface area contributed by atoms with Gasteiger partial charge in [0.05, 0.1) is 16.2 Å². The highest BCUT2D eigenvalue weighted by Crippen LogP contribution is 2.30. The Morgan fingerprint density at radius 3 is 2.86 bits per heavy atom. The van der Waals surface area contributed by atoms with Gasteiger partial charge < -0.3 is 0 Å². The first-order chi connectivity index (χ1) is 10.7. The van der Waals surface area contributed by atoms with Crippen LogP contribution in [0.15, 0.2) is 34.2 Å². The van der Waals surface area contributed by atoms with Gasteiger partial charge in [0.2, 0.25) is 0 Å². The number of carbonyl (C=O) groups is 1. The molecule has 0 bridgehead atoms. The first-order valence-corrected chi connectivity index (χ1v) is 8.77. The van der Waals surface area contributed by atoms with E-state index >= 15 is 0 Å². The van der Waals surface area contributed by atoms with Gasteiger partial charge in [-0.1, -0.05) is 37.2 Å². The molecule has 1 aliphatic carbocycles. The van der Waals surface area contributed by atoms with Gasteiger partial charge in [-0.3, -0.25) is 14.2 Å².